The zero-order chi connectivity index (χ0) is 92.8. The third-order valence-electron chi connectivity index (χ3n) is 22.9. The fourth-order valence-electron chi connectivity index (χ4n) is 15.4. The molecule has 0 heterocycles. The summed E-state index contributed by atoms with van der Waals surface area (Å²) in [6.45, 7) is 18.4. The first-order valence-electron chi connectivity index (χ1n) is 41.9. The zero-order valence-electron chi connectivity index (χ0n) is 73.4. The van der Waals surface area contributed by atoms with Crippen molar-refractivity contribution in [3.63, 3.8) is 0 Å². The minimum absolute atomic E-state index is 0.171. The molecule has 11 N–H and O–H groups in total. The van der Waals surface area contributed by atoms with Crippen molar-refractivity contribution in [2.75, 3.05) is 25.5 Å². The number of fused-ring (bicyclic) bond motifs is 6. The summed E-state index contributed by atoms with van der Waals surface area (Å²) < 4.78 is 12.6. The molecule has 0 radical (unpaired) electrons. The standard InChI is InChI=1S/C95H110N12O16P2S2/c1-15-56(2)79(102-85(114)77(54-124(126,63-36-20-16-21-37-63)64-38-22-17-23-39-64)106(87(116)61(7)101-89(118)94(11,12)103-81(110)58(4)97-62(8)108)91(120)122-52-75-71-48-32-28-44-67(71)68-45-29-33-49-72(68)75)86(115)99-60(6)83(112)105-95(13,14)90(119)107(92(121)123-53-76-73-50-34-30-46-69(73)70-47-31-35-51-74(70)76)78(55-125(127,65-40-24-18-25-41-65)66-42-26-19-27-43-66)84(113)98-59(5)82(111)104-93(9,10)88(117)100-57(3)80(96)109/h16-51,56-61,75-79H,15,52-55H2,1-14H3,(H2,96,109)(H,97,108)(H,98,113)(H,99,115)(H,100,117)(H,101,118)(H,102,114)(H,103,110)(H,104,111)(H,105,112)/t56-,57-,58-,59-,60-,61-,77-,78-,79-/m0/s1. The fourth-order valence-corrected chi connectivity index (χ4v) is 23.4. The van der Waals surface area contributed by atoms with Crippen LogP contribution < -0.4 is 74.8 Å². The molecule has 0 saturated heterocycles. The van der Waals surface area contributed by atoms with Crippen LogP contribution in [0.25, 0.3) is 22.3 Å². The molecule has 0 aliphatic heterocycles. The van der Waals surface area contributed by atoms with Crippen LogP contribution in [0.2, 0.25) is 0 Å². The number of carbonyl (C=O) groups is 14. The lowest BCUT2D eigenvalue weighted by molar-refractivity contribution is -0.145. The molecule has 668 valence electrons. The predicted octanol–water partition coefficient (Wildman–Crippen LogP) is 7.78. The van der Waals surface area contributed by atoms with E-state index in [9.17, 15) is 28.8 Å². The van der Waals surface area contributed by atoms with Gasteiger partial charge in [0.2, 0.25) is 59.1 Å². The lowest BCUT2D eigenvalue weighted by Gasteiger charge is -2.38. The summed E-state index contributed by atoms with van der Waals surface area (Å²) in [6, 6.07) is 45.5. The number of nitrogens with one attached hydrogen (secondary N) is 9. The molecule has 0 bridgehead atoms. The number of ether oxygens (including phenoxy) is 2. The maximum Gasteiger partial charge on any atom is 0.417 e. The molecule has 8 aromatic rings. The molecule has 9 atom stereocenters. The quantitative estimate of drug-likeness (QED) is 0.0167. The second kappa shape index (κ2) is 41.4. The van der Waals surface area contributed by atoms with Gasteiger partial charge >= 0.3 is 12.2 Å². The molecule has 32 heteroatoms. The van der Waals surface area contributed by atoms with Crippen molar-refractivity contribution in [3.8, 4) is 22.3 Å². The van der Waals surface area contributed by atoms with Crippen molar-refractivity contribution in [1.82, 2.24) is 57.7 Å². The molecule has 0 fully saturated rings. The molecular formula is C95H110N12O16P2S2. The maximum absolute atomic E-state index is 16.4. The summed E-state index contributed by atoms with van der Waals surface area (Å²) in [5.74, 6) is -13.5. The van der Waals surface area contributed by atoms with Crippen molar-refractivity contribution >= 4 is 140 Å². The summed E-state index contributed by atoms with van der Waals surface area (Å²) in [4.78, 5) is 208. The molecule has 2 aliphatic rings. The van der Waals surface area contributed by atoms with E-state index in [0.29, 0.717) is 31.0 Å². The van der Waals surface area contributed by atoms with Gasteiger partial charge in [-0.3, -0.25) is 57.5 Å². The highest BCUT2D eigenvalue weighted by Gasteiger charge is 2.50. The lowest BCUT2D eigenvalue weighted by Crippen LogP contribution is -2.66. The molecule has 8 aromatic carbocycles. The Morgan fingerprint density at radius 1 is 0.378 bits per heavy atom. The van der Waals surface area contributed by atoms with Gasteiger partial charge in [0, 0.05) is 43.2 Å². The summed E-state index contributed by atoms with van der Waals surface area (Å²) >= 11 is 13.6. The van der Waals surface area contributed by atoms with Crippen LogP contribution in [0.5, 0.6) is 0 Å². The third-order valence-corrected chi connectivity index (χ3v) is 32.6. The number of nitrogens with zero attached hydrogens (tertiary/aromatic N) is 2. The van der Waals surface area contributed by atoms with Crippen LogP contribution in [0.15, 0.2) is 218 Å². The van der Waals surface area contributed by atoms with Crippen LogP contribution in [-0.2, 0) is 90.6 Å². The van der Waals surface area contributed by atoms with Crippen molar-refractivity contribution in [2.24, 2.45) is 11.7 Å². The summed E-state index contributed by atoms with van der Waals surface area (Å²) in [7, 11) is 0. The van der Waals surface area contributed by atoms with Gasteiger partial charge in [0.05, 0.1) is 0 Å². The SMILES string of the molecule is CC[C@H](C)[C@H](NC(=O)[C@H](CP(=S)(c1ccccc1)c1ccccc1)N(C(=O)OCC1c2ccccc2-c2ccccc21)C(=O)[C@H](C)NC(=O)C(C)(C)NC(=O)[C@H](C)NC(C)=O)C(=O)N[C@@H](C)C(=O)NC(C)(C)C(=O)N(C(=O)OCC1c2ccccc2-c2ccccc21)[C@@H](CP(=S)(c1ccccc1)c1ccccc1)C(=O)N[C@@H](C)C(=O)NC(C)(C)C(=O)N[C@@H](C)C(N)=O. The first kappa shape index (κ1) is 96.8. The monoisotopic (exact) mass is 1800 g/mol. The zero-order valence-corrected chi connectivity index (χ0v) is 76.8. The van der Waals surface area contributed by atoms with Crippen LogP contribution in [0, 0.1) is 5.92 Å². The lowest BCUT2D eigenvalue weighted by atomic mass is 9.97. The number of hydrogen-bond acceptors (Lipinski definition) is 18. The van der Waals surface area contributed by atoms with Gasteiger partial charge in [-0.25, -0.2) is 19.4 Å². The van der Waals surface area contributed by atoms with Crippen LogP contribution >= 0.6 is 12.1 Å². The second-order valence-electron chi connectivity index (χ2n) is 33.6. The van der Waals surface area contributed by atoms with E-state index in [4.69, 9.17) is 38.8 Å². The Balaban J connectivity index is 1.01. The fraction of sp³-hybridized carbons (Fsp3) is 0.347. The van der Waals surface area contributed by atoms with Crippen molar-refractivity contribution in [1.29, 1.82) is 0 Å². The minimum atomic E-state index is -3.47. The first-order chi connectivity index (χ1) is 60.0. The van der Waals surface area contributed by atoms with Crippen molar-refractivity contribution < 1.29 is 76.6 Å². The Morgan fingerprint density at radius 2 is 0.677 bits per heavy atom. The van der Waals surface area contributed by atoms with E-state index in [1.165, 1.54) is 83.1 Å². The Hall–Kier alpha value is -12.4. The number of hydrogen-bond donors (Lipinski definition) is 10. The van der Waals surface area contributed by atoms with Gasteiger partial charge in [0.15, 0.2) is 0 Å². The average Bonchev–Trinajstić information content (AvgIpc) is 1.72. The molecule has 28 nitrogen and oxygen atoms in total. The highest BCUT2D eigenvalue weighted by Crippen LogP contribution is 2.49. The van der Waals surface area contributed by atoms with Gasteiger partial charge in [0.25, 0.3) is 11.8 Å². The number of benzene rings is 8. The molecule has 2 aliphatic carbocycles. The number of nitrogens with two attached hydrogens (primary N) is 1. The predicted molar refractivity (Wildman–Crippen MR) is 495 cm³/mol. The molecule has 0 saturated carbocycles. The Morgan fingerprint density at radius 3 is 1.02 bits per heavy atom. The van der Waals surface area contributed by atoms with E-state index in [1.54, 1.807) is 135 Å². The molecule has 127 heavy (non-hydrogen) atoms. The molecule has 0 spiro atoms. The van der Waals surface area contributed by atoms with Crippen molar-refractivity contribution in [2.45, 2.75) is 180 Å². The van der Waals surface area contributed by atoms with Crippen LogP contribution in [-0.4, -0.2) is 183 Å². The van der Waals surface area contributed by atoms with Crippen LogP contribution in [0.3, 0.4) is 0 Å². The number of imide groups is 2. The first-order valence-corrected chi connectivity index (χ1v) is 47.9. The van der Waals surface area contributed by atoms with E-state index >= 15 is 38.4 Å². The highest BCUT2D eigenvalue weighted by atomic mass is 32.4. The Kier molecular flexibility index (Phi) is 31.6. The number of amides is 14. The van der Waals surface area contributed by atoms with Gasteiger partial charge < -0.3 is 63.1 Å². The number of primary amides is 1. The smallest absolute Gasteiger partial charge is 0.417 e. The van der Waals surface area contributed by atoms with Gasteiger partial charge in [-0.15, -0.1) is 0 Å². The Bertz CT molecular complexity index is 5410. The summed E-state index contributed by atoms with van der Waals surface area (Å²) in [6.07, 6.45) is -3.53. The summed E-state index contributed by atoms with van der Waals surface area (Å²) in [5, 5.41) is 25.9. The van der Waals surface area contributed by atoms with E-state index in [2.05, 4.69) is 47.9 Å². The number of rotatable bonds is 36. The van der Waals surface area contributed by atoms with E-state index in [0.717, 1.165) is 44.5 Å². The van der Waals surface area contributed by atoms with E-state index in [1.807, 2.05) is 97.1 Å². The topological polar surface area (TPSA) is 398 Å². The molecule has 14 amide bonds. The third kappa shape index (κ3) is 22.5. The highest BCUT2D eigenvalue weighted by molar-refractivity contribution is 8.22. The van der Waals surface area contributed by atoms with Crippen LogP contribution in [0.4, 0.5) is 9.59 Å². The number of carbonyl (C=O) groups excluding carboxylic acids is 14. The molecule has 0 aromatic heterocycles. The minimum Gasteiger partial charge on any atom is -0.448 e. The van der Waals surface area contributed by atoms with E-state index in [-0.39, 0.29) is 13.0 Å². The molecule has 0 unspecified atom stereocenters. The maximum atomic E-state index is 16.4. The van der Waals surface area contributed by atoms with Gasteiger partial charge in [-0.1, -0.05) is 262 Å². The van der Waals surface area contributed by atoms with E-state index < -0.39 is 197 Å². The van der Waals surface area contributed by atoms with Gasteiger partial charge in [0.1, 0.15) is 78.2 Å². The van der Waals surface area contributed by atoms with Crippen molar-refractivity contribution in [3.05, 3.63) is 241 Å². The summed E-state index contributed by atoms with van der Waals surface area (Å²) in [5.41, 5.74) is 6.30. The molecular weight excluding hydrogens is 1690 g/mol. The van der Waals surface area contributed by atoms with Gasteiger partial charge in [-0.05, 0) is 148 Å². The molecule has 10 rings (SSSR count). The largest absolute Gasteiger partial charge is 0.448 e. The van der Waals surface area contributed by atoms with Crippen LogP contribution in [0.1, 0.15) is 137 Å². The average molecular weight is 1800 g/mol. The normalized spacial score (nSPS) is 14.6. The Labute approximate surface area is 750 Å². The second-order valence-corrected chi connectivity index (χ2v) is 43.1. The van der Waals surface area contributed by atoms with Gasteiger partial charge in [-0.2, -0.15) is 0 Å².